The van der Waals surface area contributed by atoms with E-state index in [1.165, 1.54) is 12.3 Å². The molecule has 68 valence electrons. The van der Waals surface area contributed by atoms with Crippen LogP contribution in [0.3, 0.4) is 0 Å². The molecule has 1 aromatic heterocycles. The number of rotatable bonds is 2. The van der Waals surface area contributed by atoms with Crippen molar-refractivity contribution in [2.75, 3.05) is 0 Å². The van der Waals surface area contributed by atoms with E-state index < -0.39 is 11.9 Å². The third-order valence-electron chi connectivity index (χ3n) is 1.59. The Hall–Kier alpha value is -1.71. The first-order valence-electron chi connectivity index (χ1n) is 3.63. The molecular weight excluding hydrogens is 173 g/mol. The fraction of sp³-hybridized carbons (Fsp3) is 0.111. The van der Waals surface area contributed by atoms with Gasteiger partial charge in [0.15, 0.2) is 0 Å². The van der Waals surface area contributed by atoms with Crippen LogP contribution in [0.25, 0.3) is 6.08 Å². The molecule has 0 bridgehead atoms. The van der Waals surface area contributed by atoms with Gasteiger partial charge in [-0.1, -0.05) is 0 Å². The summed E-state index contributed by atoms with van der Waals surface area (Å²) in [5.41, 5.74) is 0.870. The molecule has 0 fully saturated rings. The van der Waals surface area contributed by atoms with E-state index in [0.29, 0.717) is 11.1 Å². The first-order valence-corrected chi connectivity index (χ1v) is 3.63. The van der Waals surface area contributed by atoms with Gasteiger partial charge in [0.25, 0.3) is 0 Å². The Kier molecular flexibility index (Phi) is 2.74. The second-order valence-electron chi connectivity index (χ2n) is 2.49. The van der Waals surface area contributed by atoms with Crippen molar-refractivity contribution in [2.45, 2.75) is 6.92 Å². The Morgan fingerprint density at radius 1 is 1.69 bits per heavy atom. The zero-order valence-corrected chi connectivity index (χ0v) is 6.99. The second kappa shape index (κ2) is 3.80. The van der Waals surface area contributed by atoms with Gasteiger partial charge in [0.05, 0.1) is 0 Å². The van der Waals surface area contributed by atoms with Crippen LogP contribution in [0.1, 0.15) is 11.1 Å². The largest absolute Gasteiger partial charge is 0.478 e. The standard InChI is InChI=1S/C9H8FNO2/c1-6-7(2-3-8(12)13)4-5-11-9(6)10/h2-5H,1H3,(H,12,13). The van der Waals surface area contributed by atoms with Crippen molar-refractivity contribution in [1.82, 2.24) is 4.98 Å². The number of halogens is 1. The quantitative estimate of drug-likeness (QED) is 0.557. The second-order valence-corrected chi connectivity index (χ2v) is 2.49. The lowest BCUT2D eigenvalue weighted by Crippen LogP contribution is -1.92. The molecule has 0 aliphatic heterocycles. The fourth-order valence-corrected chi connectivity index (χ4v) is 0.866. The summed E-state index contributed by atoms with van der Waals surface area (Å²) in [6.45, 7) is 1.55. The van der Waals surface area contributed by atoms with Crippen molar-refractivity contribution in [3.8, 4) is 0 Å². The van der Waals surface area contributed by atoms with E-state index >= 15 is 0 Å². The van der Waals surface area contributed by atoms with Gasteiger partial charge in [-0.05, 0) is 24.6 Å². The fourth-order valence-electron chi connectivity index (χ4n) is 0.866. The minimum Gasteiger partial charge on any atom is -0.478 e. The van der Waals surface area contributed by atoms with Gasteiger partial charge < -0.3 is 5.11 Å². The smallest absolute Gasteiger partial charge is 0.328 e. The minimum atomic E-state index is -1.06. The molecule has 0 aromatic carbocycles. The number of hydrogen-bond acceptors (Lipinski definition) is 2. The lowest BCUT2D eigenvalue weighted by molar-refractivity contribution is -0.131. The summed E-state index contributed by atoms with van der Waals surface area (Å²) in [4.78, 5) is 13.6. The third kappa shape index (κ3) is 2.37. The van der Waals surface area contributed by atoms with Gasteiger partial charge in [0.1, 0.15) is 0 Å². The molecule has 0 saturated heterocycles. The predicted octanol–water partition coefficient (Wildman–Crippen LogP) is 1.63. The molecule has 0 radical (unpaired) electrons. The molecule has 4 heteroatoms. The van der Waals surface area contributed by atoms with Crippen LogP contribution in [-0.2, 0) is 4.79 Å². The van der Waals surface area contributed by atoms with Crippen LogP contribution in [-0.4, -0.2) is 16.1 Å². The van der Waals surface area contributed by atoms with E-state index in [4.69, 9.17) is 5.11 Å². The number of carbonyl (C=O) groups is 1. The third-order valence-corrected chi connectivity index (χ3v) is 1.59. The van der Waals surface area contributed by atoms with Crippen LogP contribution in [0.5, 0.6) is 0 Å². The van der Waals surface area contributed by atoms with E-state index in [1.807, 2.05) is 0 Å². The van der Waals surface area contributed by atoms with E-state index in [1.54, 1.807) is 13.0 Å². The molecule has 1 heterocycles. The number of aliphatic carboxylic acids is 1. The van der Waals surface area contributed by atoms with Crippen molar-refractivity contribution in [1.29, 1.82) is 0 Å². The number of aromatic nitrogens is 1. The molecule has 0 atom stereocenters. The molecule has 0 aliphatic rings. The first-order chi connectivity index (χ1) is 6.11. The average molecular weight is 181 g/mol. The molecule has 1 rings (SSSR count). The highest BCUT2D eigenvalue weighted by Gasteiger charge is 2.01. The summed E-state index contributed by atoms with van der Waals surface area (Å²) >= 11 is 0. The summed E-state index contributed by atoms with van der Waals surface area (Å²) in [5.74, 6) is -1.64. The lowest BCUT2D eigenvalue weighted by atomic mass is 10.1. The van der Waals surface area contributed by atoms with Crippen LogP contribution < -0.4 is 0 Å². The van der Waals surface area contributed by atoms with E-state index in [2.05, 4.69) is 4.98 Å². The molecule has 0 spiro atoms. The van der Waals surface area contributed by atoms with Crippen molar-refractivity contribution in [2.24, 2.45) is 0 Å². The maximum absolute atomic E-state index is 12.8. The summed E-state index contributed by atoms with van der Waals surface area (Å²) in [6, 6.07) is 1.55. The highest BCUT2D eigenvalue weighted by molar-refractivity contribution is 5.85. The van der Waals surface area contributed by atoms with E-state index in [9.17, 15) is 9.18 Å². The van der Waals surface area contributed by atoms with Gasteiger partial charge in [-0.25, -0.2) is 9.78 Å². The normalized spacial score (nSPS) is 10.6. The van der Waals surface area contributed by atoms with Crippen molar-refractivity contribution in [3.05, 3.63) is 35.4 Å². The highest BCUT2D eigenvalue weighted by Crippen LogP contribution is 2.10. The Balaban J connectivity index is 3.02. The number of nitrogens with zero attached hydrogens (tertiary/aromatic N) is 1. The lowest BCUT2D eigenvalue weighted by Gasteiger charge is -1.98. The van der Waals surface area contributed by atoms with Gasteiger partial charge >= 0.3 is 5.97 Å². The minimum absolute atomic E-state index is 0.347. The monoisotopic (exact) mass is 181 g/mol. The van der Waals surface area contributed by atoms with Crippen molar-refractivity contribution in [3.63, 3.8) is 0 Å². The van der Waals surface area contributed by atoms with Gasteiger partial charge in [-0.15, -0.1) is 0 Å². The molecule has 1 aromatic rings. The molecule has 0 amide bonds. The van der Waals surface area contributed by atoms with Crippen LogP contribution >= 0.6 is 0 Å². The molecule has 13 heavy (non-hydrogen) atoms. The summed E-state index contributed by atoms with van der Waals surface area (Å²) in [5, 5.41) is 8.34. The molecule has 0 unspecified atom stereocenters. The molecule has 0 saturated carbocycles. The van der Waals surface area contributed by atoms with Gasteiger partial charge in [0.2, 0.25) is 5.95 Å². The Morgan fingerprint density at radius 3 is 3.00 bits per heavy atom. The Labute approximate surface area is 74.5 Å². The Morgan fingerprint density at radius 2 is 2.38 bits per heavy atom. The number of hydrogen-bond donors (Lipinski definition) is 1. The van der Waals surface area contributed by atoms with E-state index in [-0.39, 0.29) is 0 Å². The highest BCUT2D eigenvalue weighted by atomic mass is 19.1. The van der Waals surface area contributed by atoms with Crippen LogP contribution in [0.2, 0.25) is 0 Å². The van der Waals surface area contributed by atoms with Gasteiger partial charge in [-0.3, -0.25) is 0 Å². The molecular formula is C9H8FNO2. The maximum atomic E-state index is 12.8. The topological polar surface area (TPSA) is 50.2 Å². The number of carboxylic acid groups (broad SMARTS) is 1. The average Bonchev–Trinajstić information content (AvgIpc) is 2.07. The number of pyridine rings is 1. The zero-order chi connectivity index (χ0) is 9.84. The van der Waals surface area contributed by atoms with Crippen molar-refractivity contribution >= 4 is 12.0 Å². The molecule has 0 aliphatic carbocycles. The maximum Gasteiger partial charge on any atom is 0.328 e. The van der Waals surface area contributed by atoms with E-state index in [0.717, 1.165) is 6.08 Å². The van der Waals surface area contributed by atoms with Gasteiger partial charge in [-0.2, -0.15) is 4.39 Å². The van der Waals surface area contributed by atoms with Crippen LogP contribution in [0, 0.1) is 12.9 Å². The van der Waals surface area contributed by atoms with Crippen LogP contribution in [0.4, 0.5) is 4.39 Å². The van der Waals surface area contributed by atoms with Crippen LogP contribution in [0.15, 0.2) is 18.3 Å². The molecule has 3 nitrogen and oxygen atoms in total. The summed E-state index contributed by atoms with van der Waals surface area (Å²) < 4.78 is 12.8. The number of carboxylic acids is 1. The first kappa shape index (κ1) is 9.38. The summed E-state index contributed by atoms with van der Waals surface area (Å²) in [7, 11) is 0. The SMILES string of the molecule is Cc1c(C=CC(=O)O)ccnc1F. The molecule has 1 N–H and O–H groups in total. The summed E-state index contributed by atoms with van der Waals surface area (Å²) in [6.07, 6.45) is 3.59. The van der Waals surface area contributed by atoms with Gasteiger partial charge in [0, 0.05) is 17.8 Å². The van der Waals surface area contributed by atoms with Crippen molar-refractivity contribution < 1.29 is 14.3 Å². The zero-order valence-electron chi connectivity index (χ0n) is 6.99. The predicted molar refractivity (Wildman–Crippen MR) is 45.6 cm³/mol. The Bertz CT molecular complexity index is 361.